The standard InChI is InChI=1S/C17H22N6O2S/c1-3-7-21-14(2)18-22(17(21)26)13-19-8-10-20(11-9-19)15-5-4-6-16(12-15)23(24)25/h3-6,12H,1,7-11,13H2,2H3. The molecule has 0 spiro atoms. The number of anilines is 1. The van der Waals surface area contributed by atoms with E-state index in [0.717, 1.165) is 37.7 Å². The van der Waals surface area contributed by atoms with E-state index < -0.39 is 0 Å². The summed E-state index contributed by atoms with van der Waals surface area (Å²) < 4.78 is 4.50. The number of non-ortho nitro benzene ring substituents is 1. The summed E-state index contributed by atoms with van der Waals surface area (Å²) in [6, 6.07) is 6.79. The zero-order valence-electron chi connectivity index (χ0n) is 14.7. The van der Waals surface area contributed by atoms with Crippen molar-refractivity contribution in [1.82, 2.24) is 19.2 Å². The molecule has 0 saturated carbocycles. The lowest BCUT2D eigenvalue weighted by Gasteiger charge is -2.35. The number of nitro groups is 1. The maximum atomic E-state index is 11.0. The Labute approximate surface area is 157 Å². The lowest BCUT2D eigenvalue weighted by atomic mass is 10.2. The first kappa shape index (κ1) is 18.3. The lowest BCUT2D eigenvalue weighted by molar-refractivity contribution is -0.384. The van der Waals surface area contributed by atoms with Crippen LogP contribution in [0.4, 0.5) is 11.4 Å². The fourth-order valence-corrected chi connectivity index (χ4v) is 3.43. The van der Waals surface area contributed by atoms with Crippen LogP contribution in [0.5, 0.6) is 0 Å². The fourth-order valence-electron chi connectivity index (χ4n) is 3.12. The summed E-state index contributed by atoms with van der Waals surface area (Å²) in [5.74, 6) is 0.880. The van der Waals surface area contributed by atoms with E-state index >= 15 is 0 Å². The summed E-state index contributed by atoms with van der Waals surface area (Å²) in [5, 5.41) is 15.5. The van der Waals surface area contributed by atoms with E-state index in [1.54, 1.807) is 12.1 Å². The number of benzene rings is 1. The molecule has 9 heteroatoms. The number of hydrogen-bond donors (Lipinski definition) is 0. The van der Waals surface area contributed by atoms with Crippen molar-refractivity contribution in [3.63, 3.8) is 0 Å². The normalized spacial score (nSPS) is 15.2. The Hall–Kier alpha value is -2.52. The van der Waals surface area contributed by atoms with E-state index in [1.807, 2.05) is 28.3 Å². The van der Waals surface area contributed by atoms with Gasteiger partial charge in [0.15, 0.2) is 4.77 Å². The van der Waals surface area contributed by atoms with Gasteiger partial charge in [-0.05, 0) is 25.2 Å². The third kappa shape index (κ3) is 3.83. The van der Waals surface area contributed by atoms with Crippen molar-refractivity contribution in [3.05, 3.63) is 57.6 Å². The van der Waals surface area contributed by atoms with Crippen LogP contribution in [0.25, 0.3) is 0 Å². The summed E-state index contributed by atoms with van der Waals surface area (Å²) in [5.41, 5.74) is 1.01. The van der Waals surface area contributed by atoms with Crippen LogP contribution in [-0.2, 0) is 13.2 Å². The topological polar surface area (TPSA) is 72.4 Å². The minimum Gasteiger partial charge on any atom is -0.369 e. The highest BCUT2D eigenvalue weighted by atomic mass is 32.1. The fraction of sp³-hybridized carbons (Fsp3) is 0.412. The van der Waals surface area contributed by atoms with Crippen LogP contribution in [0, 0.1) is 21.8 Å². The van der Waals surface area contributed by atoms with Crippen LogP contribution < -0.4 is 4.90 Å². The lowest BCUT2D eigenvalue weighted by Crippen LogP contribution is -2.47. The number of rotatable bonds is 6. The molecular weight excluding hydrogens is 352 g/mol. The zero-order chi connectivity index (χ0) is 18.7. The molecule has 1 fully saturated rings. The Morgan fingerprint density at radius 1 is 1.35 bits per heavy atom. The van der Waals surface area contributed by atoms with Gasteiger partial charge in [-0.15, -0.1) is 6.58 Å². The average molecular weight is 374 g/mol. The number of hydrogen-bond acceptors (Lipinski definition) is 6. The molecule has 0 unspecified atom stereocenters. The molecule has 0 N–H and O–H groups in total. The summed E-state index contributed by atoms with van der Waals surface area (Å²) >= 11 is 5.50. The van der Waals surface area contributed by atoms with Crippen LogP contribution in [0.1, 0.15) is 5.82 Å². The molecule has 1 aromatic carbocycles. The second-order valence-corrected chi connectivity index (χ2v) is 6.62. The minimum atomic E-state index is -0.358. The SMILES string of the molecule is C=CCn1c(C)nn(CN2CCN(c3cccc([N+](=O)[O-])c3)CC2)c1=S. The van der Waals surface area contributed by atoms with Gasteiger partial charge in [0.1, 0.15) is 5.82 Å². The quantitative estimate of drug-likeness (QED) is 0.335. The highest BCUT2D eigenvalue weighted by molar-refractivity contribution is 7.71. The number of aromatic nitrogens is 3. The molecule has 1 aliphatic heterocycles. The second-order valence-electron chi connectivity index (χ2n) is 6.25. The Morgan fingerprint density at radius 3 is 2.73 bits per heavy atom. The molecule has 138 valence electrons. The molecule has 1 aromatic heterocycles. The summed E-state index contributed by atoms with van der Waals surface area (Å²) in [7, 11) is 0. The molecule has 1 saturated heterocycles. The van der Waals surface area contributed by atoms with Gasteiger partial charge in [0.2, 0.25) is 0 Å². The van der Waals surface area contributed by atoms with Crippen molar-refractivity contribution < 1.29 is 4.92 Å². The molecule has 0 radical (unpaired) electrons. The van der Waals surface area contributed by atoms with Crippen LogP contribution in [-0.4, -0.2) is 50.3 Å². The van der Waals surface area contributed by atoms with Crippen molar-refractivity contribution in [2.45, 2.75) is 20.1 Å². The second kappa shape index (κ2) is 7.79. The molecule has 26 heavy (non-hydrogen) atoms. The molecule has 0 amide bonds. The van der Waals surface area contributed by atoms with Gasteiger partial charge in [-0.1, -0.05) is 12.1 Å². The molecule has 1 aliphatic rings. The van der Waals surface area contributed by atoms with E-state index in [9.17, 15) is 10.1 Å². The predicted octanol–water partition coefficient (Wildman–Crippen LogP) is 2.60. The highest BCUT2D eigenvalue weighted by Crippen LogP contribution is 2.22. The molecule has 3 rings (SSSR count). The number of nitro benzene ring substituents is 1. The Balaban J connectivity index is 1.63. The van der Waals surface area contributed by atoms with Crippen LogP contribution in [0.2, 0.25) is 0 Å². The summed E-state index contributed by atoms with van der Waals surface area (Å²) in [6.45, 7) is 10.3. The van der Waals surface area contributed by atoms with Crippen molar-refractivity contribution in [2.75, 3.05) is 31.1 Å². The van der Waals surface area contributed by atoms with E-state index in [2.05, 4.69) is 21.5 Å². The van der Waals surface area contributed by atoms with Gasteiger partial charge in [-0.25, -0.2) is 4.68 Å². The van der Waals surface area contributed by atoms with Crippen LogP contribution in [0.15, 0.2) is 36.9 Å². The monoisotopic (exact) mass is 374 g/mol. The predicted molar refractivity (Wildman–Crippen MR) is 103 cm³/mol. The Kier molecular flexibility index (Phi) is 5.48. The number of nitrogens with zero attached hydrogens (tertiary/aromatic N) is 6. The van der Waals surface area contributed by atoms with Crippen molar-refractivity contribution in [1.29, 1.82) is 0 Å². The van der Waals surface area contributed by atoms with E-state index in [1.165, 1.54) is 6.07 Å². The zero-order valence-corrected chi connectivity index (χ0v) is 15.6. The third-order valence-corrected chi connectivity index (χ3v) is 4.96. The van der Waals surface area contributed by atoms with Gasteiger partial charge in [0.25, 0.3) is 5.69 Å². The van der Waals surface area contributed by atoms with Crippen LogP contribution in [0.3, 0.4) is 0 Å². The van der Waals surface area contributed by atoms with Crippen LogP contribution >= 0.6 is 12.2 Å². The van der Waals surface area contributed by atoms with Gasteiger partial charge in [-0.2, -0.15) is 5.10 Å². The molecule has 8 nitrogen and oxygen atoms in total. The molecule has 0 atom stereocenters. The smallest absolute Gasteiger partial charge is 0.271 e. The highest BCUT2D eigenvalue weighted by Gasteiger charge is 2.20. The first-order valence-corrected chi connectivity index (χ1v) is 8.87. The number of allylic oxidation sites excluding steroid dienone is 1. The maximum absolute atomic E-state index is 11.0. The maximum Gasteiger partial charge on any atom is 0.271 e. The van der Waals surface area contributed by atoms with Crippen molar-refractivity contribution in [3.8, 4) is 0 Å². The molecule has 0 bridgehead atoms. The minimum absolute atomic E-state index is 0.125. The van der Waals surface area contributed by atoms with Crippen molar-refractivity contribution in [2.24, 2.45) is 0 Å². The van der Waals surface area contributed by atoms with E-state index in [0.29, 0.717) is 18.0 Å². The molecule has 2 heterocycles. The van der Waals surface area contributed by atoms with Gasteiger partial charge in [0.05, 0.1) is 11.6 Å². The third-order valence-electron chi connectivity index (χ3n) is 4.53. The van der Waals surface area contributed by atoms with Gasteiger partial charge < -0.3 is 9.47 Å². The summed E-state index contributed by atoms with van der Waals surface area (Å²) in [4.78, 5) is 15.0. The Morgan fingerprint density at radius 2 is 2.08 bits per heavy atom. The van der Waals surface area contributed by atoms with Gasteiger partial charge in [0, 0.05) is 50.5 Å². The average Bonchev–Trinajstić information content (AvgIpc) is 2.90. The summed E-state index contributed by atoms with van der Waals surface area (Å²) in [6.07, 6.45) is 1.81. The first-order valence-electron chi connectivity index (χ1n) is 8.46. The molecule has 0 aliphatic carbocycles. The van der Waals surface area contributed by atoms with E-state index in [-0.39, 0.29) is 10.6 Å². The Bertz CT molecular complexity index is 866. The van der Waals surface area contributed by atoms with Gasteiger partial charge >= 0.3 is 0 Å². The number of aryl methyl sites for hydroxylation is 1. The van der Waals surface area contributed by atoms with Crippen molar-refractivity contribution >= 4 is 23.6 Å². The van der Waals surface area contributed by atoms with E-state index in [4.69, 9.17) is 12.2 Å². The molecule has 2 aromatic rings. The first-order chi connectivity index (χ1) is 12.5. The number of piperazine rings is 1. The largest absolute Gasteiger partial charge is 0.369 e. The van der Waals surface area contributed by atoms with Gasteiger partial charge in [-0.3, -0.25) is 15.0 Å². The molecular formula is C17H22N6O2S.